The van der Waals surface area contributed by atoms with E-state index in [2.05, 4.69) is 4.98 Å². The first-order chi connectivity index (χ1) is 7.74. The number of aromatic amines is 1. The number of anilines is 1. The normalized spacial score (nSPS) is 10.6. The van der Waals surface area contributed by atoms with Crippen molar-refractivity contribution < 1.29 is 5.11 Å². The Labute approximate surface area is 94.9 Å². The Morgan fingerprint density at radius 3 is 2.75 bits per heavy atom. The molecule has 0 unspecified atom stereocenters. The van der Waals surface area contributed by atoms with Crippen LogP contribution in [0.2, 0.25) is 0 Å². The van der Waals surface area contributed by atoms with Crippen LogP contribution in [-0.4, -0.2) is 16.7 Å². The van der Waals surface area contributed by atoms with Gasteiger partial charge in [0.2, 0.25) is 0 Å². The minimum absolute atomic E-state index is 0.157. The molecule has 0 radical (unpaired) electrons. The van der Waals surface area contributed by atoms with E-state index in [1.165, 1.54) is 0 Å². The van der Waals surface area contributed by atoms with Crippen LogP contribution < -0.4 is 5.73 Å². The molecular weight excluding hydrogens is 200 g/mol. The second kappa shape index (κ2) is 4.41. The highest BCUT2D eigenvalue weighted by Gasteiger charge is 2.08. The topological polar surface area (TPSA) is 62.0 Å². The number of benzene rings is 1. The van der Waals surface area contributed by atoms with Crippen LogP contribution in [0.25, 0.3) is 11.1 Å². The lowest BCUT2D eigenvalue weighted by atomic mass is 9.97. The lowest BCUT2D eigenvalue weighted by molar-refractivity contribution is 0.299. The first kappa shape index (κ1) is 10.8. The predicted octanol–water partition coefficient (Wildman–Crippen LogP) is 2.11. The largest absolute Gasteiger partial charge is 0.398 e. The van der Waals surface area contributed by atoms with Gasteiger partial charge in [-0.15, -0.1) is 0 Å². The predicted molar refractivity (Wildman–Crippen MR) is 66.2 cm³/mol. The molecule has 1 aromatic carbocycles. The van der Waals surface area contributed by atoms with Crippen molar-refractivity contribution in [2.75, 3.05) is 12.3 Å². The smallest absolute Gasteiger partial charge is 0.0471 e. The minimum Gasteiger partial charge on any atom is -0.398 e. The molecule has 1 aromatic heterocycles. The summed E-state index contributed by atoms with van der Waals surface area (Å²) < 4.78 is 0. The van der Waals surface area contributed by atoms with Crippen molar-refractivity contribution in [1.29, 1.82) is 0 Å². The molecule has 4 N–H and O–H groups in total. The number of H-pyrrole nitrogens is 1. The van der Waals surface area contributed by atoms with E-state index in [0.717, 1.165) is 27.9 Å². The lowest BCUT2D eigenvalue weighted by Crippen LogP contribution is -2.00. The first-order valence-corrected chi connectivity index (χ1v) is 5.36. The van der Waals surface area contributed by atoms with Gasteiger partial charge in [-0.1, -0.05) is 12.1 Å². The molecule has 0 bridgehead atoms. The van der Waals surface area contributed by atoms with Crippen molar-refractivity contribution in [3.05, 3.63) is 41.7 Å². The van der Waals surface area contributed by atoms with E-state index in [9.17, 15) is 0 Å². The molecule has 0 saturated heterocycles. The third kappa shape index (κ3) is 1.82. The third-order valence-electron chi connectivity index (χ3n) is 2.92. The van der Waals surface area contributed by atoms with Crippen molar-refractivity contribution in [2.45, 2.75) is 13.3 Å². The monoisotopic (exact) mass is 216 g/mol. The van der Waals surface area contributed by atoms with E-state index < -0.39 is 0 Å². The van der Waals surface area contributed by atoms with Gasteiger partial charge >= 0.3 is 0 Å². The highest BCUT2D eigenvalue weighted by molar-refractivity contribution is 5.79. The summed E-state index contributed by atoms with van der Waals surface area (Å²) in [5.74, 6) is 0. The summed E-state index contributed by atoms with van der Waals surface area (Å²) in [7, 11) is 0. The van der Waals surface area contributed by atoms with E-state index in [-0.39, 0.29) is 6.61 Å². The van der Waals surface area contributed by atoms with Gasteiger partial charge in [-0.25, -0.2) is 0 Å². The average molecular weight is 216 g/mol. The number of nitrogens with one attached hydrogen (secondary N) is 1. The van der Waals surface area contributed by atoms with E-state index in [1.807, 2.05) is 37.5 Å². The fourth-order valence-corrected chi connectivity index (χ4v) is 1.91. The molecule has 0 aliphatic carbocycles. The summed E-state index contributed by atoms with van der Waals surface area (Å²) in [5, 5.41) is 8.94. The summed E-state index contributed by atoms with van der Waals surface area (Å²) in [5.41, 5.74) is 11.2. The maximum atomic E-state index is 8.94. The fraction of sp³-hybridized carbons (Fsp3) is 0.231. The quantitative estimate of drug-likeness (QED) is 0.688. The Bertz CT molecular complexity index is 475. The summed E-state index contributed by atoms with van der Waals surface area (Å²) in [6, 6.07) is 6.04. The number of nitrogen functional groups attached to an aromatic ring is 1. The number of hydrogen-bond acceptors (Lipinski definition) is 2. The van der Waals surface area contributed by atoms with Crippen molar-refractivity contribution in [3.8, 4) is 11.1 Å². The molecule has 2 aromatic rings. The molecule has 3 heteroatoms. The summed E-state index contributed by atoms with van der Waals surface area (Å²) in [4.78, 5) is 3.02. The molecule has 0 aliphatic heterocycles. The Morgan fingerprint density at radius 1 is 1.31 bits per heavy atom. The van der Waals surface area contributed by atoms with Crippen molar-refractivity contribution in [2.24, 2.45) is 0 Å². The van der Waals surface area contributed by atoms with Gasteiger partial charge in [-0.2, -0.15) is 0 Å². The van der Waals surface area contributed by atoms with Crippen LogP contribution in [0.3, 0.4) is 0 Å². The zero-order chi connectivity index (χ0) is 11.5. The zero-order valence-corrected chi connectivity index (χ0v) is 9.33. The van der Waals surface area contributed by atoms with Gasteiger partial charge in [-0.05, 0) is 30.5 Å². The number of aliphatic hydroxyl groups is 1. The maximum absolute atomic E-state index is 8.94. The second-order valence-electron chi connectivity index (χ2n) is 3.88. The summed E-state index contributed by atoms with van der Waals surface area (Å²) >= 11 is 0. The Balaban J connectivity index is 2.47. The molecule has 16 heavy (non-hydrogen) atoms. The van der Waals surface area contributed by atoms with Crippen LogP contribution in [0.15, 0.2) is 30.6 Å². The molecule has 0 amide bonds. The molecule has 2 rings (SSSR count). The van der Waals surface area contributed by atoms with Crippen LogP contribution in [0, 0.1) is 6.92 Å². The number of nitrogens with two attached hydrogens (primary N) is 1. The van der Waals surface area contributed by atoms with Gasteiger partial charge in [0.15, 0.2) is 0 Å². The third-order valence-corrected chi connectivity index (χ3v) is 2.92. The fourth-order valence-electron chi connectivity index (χ4n) is 1.91. The van der Waals surface area contributed by atoms with Gasteiger partial charge in [-0.3, -0.25) is 0 Å². The number of hydrogen-bond donors (Lipinski definition) is 3. The molecule has 84 valence electrons. The van der Waals surface area contributed by atoms with Crippen LogP contribution in [0.4, 0.5) is 5.69 Å². The van der Waals surface area contributed by atoms with Gasteiger partial charge in [0.1, 0.15) is 0 Å². The van der Waals surface area contributed by atoms with Gasteiger partial charge < -0.3 is 15.8 Å². The molecule has 0 spiro atoms. The van der Waals surface area contributed by atoms with Gasteiger partial charge in [0.05, 0.1) is 0 Å². The van der Waals surface area contributed by atoms with Crippen LogP contribution in [-0.2, 0) is 6.42 Å². The SMILES string of the molecule is Cc1c(CCO)ccc(-c2cc[nH]c2)c1N. The maximum Gasteiger partial charge on any atom is 0.0471 e. The molecule has 0 aliphatic rings. The van der Waals surface area contributed by atoms with Crippen molar-refractivity contribution >= 4 is 5.69 Å². The molecular formula is C13H16N2O. The second-order valence-corrected chi connectivity index (χ2v) is 3.88. The highest BCUT2D eigenvalue weighted by atomic mass is 16.2. The van der Waals surface area contributed by atoms with Crippen LogP contribution >= 0.6 is 0 Å². The number of aromatic nitrogens is 1. The molecule has 1 heterocycles. The van der Waals surface area contributed by atoms with E-state index in [4.69, 9.17) is 10.8 Å². The zero-order valence-electron chi connectivity index (χ0n) is 9.33. The van der Waals surface area contributed by atoms with E-state index >= 15 is 0 Å². The Kier molecular flexibility index (Phi) is 2.97. The first-order valence-electron chi connectivity index (χ1n) is 5.36. The molecule has 3 nitrogen and oxygen atoms in total. The number of rotatable bonds is 3. The van der Waals surface area contributed by atoms with Gasteiger partial charge in [0.25, 0.3) is 0 Å². The highest BCUT2D eigenvalue weighted by Crippen LogP contribution is 2.30. The van der Waals surface area contributed by atoms with E-state index in [0.29, 0.717) is 6.42 Å². The Morgan fingerprint density at radius 2 is 2.12 bits per heavy atom. The van der Waals surface area contributed by atoms with Gasteiger partial charge in [0, 0.05) is 35.8 Å². The summed E-state index contributed by atoms with van der Waals surface area (Å²) in [6.07, 6.45) is 4.46. The molecule has 0 saturated carbocycles. The molecule has 0 fully saturated rings. The average Bonchev–Trinajstić information content (AvgIpc) is 2.79. The van der Waals surface area contributed by atoms with E-state index in [1.54, 1.807) is 0 Å². The van der Waals surface area contributed by atoms with Crippen molar-refractivity contribution in [3.63, 3.8) is 0 Å². The summed E-state index contributed by atoms with van der Waals surface area (Å²) in [6.45, 7) is 2.15. The van der Waals surface area contributed by atoms with Crippen LogP contribution in [0.5, 0.6) is 0 Å². The van der Waals surface area contributed by atoms with Crippen LogP contribution in [0.1, 0.15) is 11.1 Å². The standard InChI is InChI=1S/C13H16N2O/c1-9-10(5-7-16)2-3-12(13(9)14)11-4-6-15-8-11/h2-4,6,8,15-16H,5,7,14H2,1H3. The Hall–Kier alpha value is -1.74. The molecule has 0 atom stereocenters. The van der Waals surface area contributed by atoms with Crippen molar-refractivity contribution in [1.82, 2.24) is 4.98 Å². The lowest BCUT2D eigenvalue weighted by Gasteiger charge is -2.11. The minimum atomic E-state index is 0.157. The number of aliphatic hydroxyl groups excluding tert-OH is 1.